The minimum Gasteiger partial charge on any atom is -0.471 e. The standard InChI is InChI=1S/C17H16F2N2O6S2/c1-26-16(23)13-15(21-28-17(13)29(2,24)25)27-7-8-5-10(12(19)6-11(8)18)14(22)20-9-3-4-9/h5-6,9H,3-4,7H2,1-2H3,(H,20,22). The highest BCUT2D eigenvalue weighted by Gasteiger charge is 2.30. The van der Waals surface area contributed by atoms with Gasteiger partial charge in [0.2, 0.25) is 5.88 Å². The van der Waals surface area contributed by atoms with Crippen LogP contribution in [-0.4, -0.2) is 44.1 Å². The van der Waals surface area contributed by atoms with Crippen molar-refractivity contribution in [1.82, 2.24) is 9.69 Å². The Balaban J connectivity index is 1.87. The van der Waals surface area contributed by atoms with Crippen molar-refractivity contribution < 1.29 is 36.3 Å². The third-order valence-corrected chi connectivity index (χ3v) is 6.65. The molecule has 29 heavy (non-hydrogen) atoms. The fourth-order valence-electron chi connectivity index (χ4n) is 2.40. The molecule has 0 atom stereocenters. The molecule has 8 nitrogen and oxygen atoms in total. The summed E-state index contributed by atoms with van der Waals surface area (Å²) in [6.45, 7) is -0.521. The average Bonchev–Trinajstić information content (AvgIpc) is 3.34. The molecule has 0 unspecified atom stereocenters. The van der Waals surface area contributed by atoms with E-state index in [1.807, 2.05) is 0 Å². The molecule has 12 heteroatoms. The summed E-state index contributed by atoms with van der Waals surface area (Å²) in [6.07, 6.45) is 2.49. The van der Waals surface area contributed by atoms with Crippen LogP contribution >= 0.6 is 11.5 Å². The number of benzene rings is 1. The van der Waals surface area contributed by atoms with Crippen molar-refractivity contribution in [1.29, 1.82) is 0 Å². The lowest BCUT2D eigenvalue weighted by molar-refractivity contribution is 0.0591. The number of esters is 1. The maximum absolute atomic E-state index is 14.1. The highest BCUT2D eigenvalue weighted by atomic mass is 32.2. The van der Waals surface area contributed by atoms with Crippen LogP contribution < -0.4 is 10.1 Å². The molecule has 0 radical (unpaired) electrons. The first kappa shape index (κ1) is 21.1. The number of hydrogen-bond acceptors (Lipinski definition) is 8. The lowest BCUT2D eigenvalue weighted by atomic mass is 10.1. The molecule has 1 aromatic carbocycles. The van der Waals surface area contributed by atoms with Gasteiger partial charge in [0.1, 0.15) is 18.2 Å². The quantitative estimate of drug-likeness (QED) is 0.648. The molecule has 1 fully saturated rings. The van der Waals surface area contributed by atoms with Gasteiger partial charge >= 0.3 is 5.97 Å². The van der Waals surface area contributed by atoms with E-state index in [2.05, 4.69) is 14.4 Å². The largest absolute Gasteiger partial charge is 0.471 e. The number of nitrogens with one attached hydrogen (secondary N) is 1. The zero-order valence-corrected chi connectivity index (χ0v) is 17.0. The molecule has 1 N–H and O–H groups in total. The summed E-state index contributed by atoms with van der Waals surface area (Å²) in [5, 5.41) is 2.60. The van der Waals surface area contributed by atoms with Crippen LogP contribution in [0.1, 0.15) is 39.1 Å². The monoisotopic (exact) mass is 446 g/mol. The van der Waals surface area contributed by atoms with Gasteiger partial charge in [0.25, 0.3) is 5.91 Å². The van der Waals surface area contributed by atoms with E-state index >= 15 is 0 Å². The van der Waals surface area contributed by atoms with Crippen molar-refractivity contribution in [3.05, 3.63) is 40.5 Å². The molecule has 3 rings (SSSR count). The van der Waals surface area contributed by atoms with E-state index in [0.29, 0.717) is 17.6 Å². The van der Waals surface area contributed by atoms with Crippen LogP contribution in [-0.2, 0) is 21.2 Å². The van der Waals surface area contributed by atoms with Crippen molar-refractivity contribution in [2.75, 3.05) is 13.4 Å². The van der Waals surface area contributed by atoms with Crippen molar-refractivity contribution in [2.45, 2.75) is 29.7 Å². The minimum atomic E-state index is -3.79. The summed E-state index contributed by atoms with van der Waals surface area (Å²) < 4.78 is 65.1. The molecule has 0 bridgehead atoms. The molecule has 1 saturated carbocycles. The summed E-state index contributed by atoms with van der Waals surface area (Å²) >= 11 is 0.509. The Morgan fingerprint density at radius 1 is 1.28 bits per heavy atom. The zero-order valence-electron chi connectivity index (χ0n) is 15.3. The highest BCUT2D eigenvalue weighted by molar-refractivity contribution is 7.92. The van der Waals surface area contributed by atoms with Crippen LogP contribution in [0.25, 0.3) is 0 Å². The topological polar surface area (TPSA) is 112 Å². The summed E-state index contributed by atoms with van der Waals surface area (Å²) in [4.78, 5) is 24.1. The van der Waals surface area contributed by atoms with E-state index in [4.69, 9.17) is 4.74 Å². The van der Waals surface area contributed by atoms with Crippen LogP contribution in [0.2, 0.25) is 0 Å². The molecule has 156 valence electrons. The average molecular weight is 446 g/mol. The third kappa shape index (κ3) is 4.70. The Kier molecular flexibility index (Phi) is 5.85. The summed E-state index contributed by atoms with van der Waals surface area (Å²) in [7, 11) is -2.73. The number of carbonyl (C=O) groups excluding carboxylic acids is 2. The lowest BCUT2D eigenvalue weighted by Gasteiger charge is -2.10. The fraction of sp³-hybridized carbons (Fsp3) is 0.353. The predicted molar refractivity (Wildman–Crippen MR) is 97.7 cm³/mol. The molecule has 0 saturated heterocycles. The Morgan fingerprint density at radius 3 is 2.55 bits per heavy atom. The van der Waals surface area contributed by atoms with Crippen LogP contribution in [0.3, 0.4) is 0 Å². The summed E-state index contributed by atoms with van der Waals surface area (Å²) in [6, 6.07) is 1.55. The van der Waals surface area contributed by atoms with Gasteiger partial charge in [-0.2, -0.15) is 4.37 Å². The van der Waals surface area contributed by atoms with E-state index in [-0.39, 0.29) is 27.3 Å². The molecule has 0 aliphatic heterocycles. The van der Waals surface area contributed by atoms with Crippen LogP contribution in [0, 0.1) is 11.6 Å². The predicted octanol–water partition coefficient (Wildman–Crippen LogP) is 2.08. The van der Waals surface area contributed by atoms with E-state index < -0.39 is 45.5 Å². The number of nitrogens with zero attached hydrogens (tertiary/aromatic N) is 1. The van der Waals surface area contributed by atoms with E-state index in [9.17, 15) is 26.8 Å². The SMILES string of the molecule is COC(=O)c1c(OCc2cc(C(=O)NC3CC3)c(F)cc2F)nsc1S(C)(=O)=O. The Morgan fingerprint density at radius 2 is 1.97 bits per heavy atom. The molecule has 1 aromatic heterocycles. The van der Waals surface area contributed by atoms with Gasteiger partial charge in [0.05, 0.1) is 12.7 Å². The number of halogens is 2. The van der Waals surface area contributed by atoms with Gasteiger partial charge in [-0.15, -0.1) is 0 Å². The molecule has 0 spiro atoms. The normalized spacial score (nSPS) is 13.8. The molecule has 1 amide bonds. The second-order valence-corrected chi connectivity index (χ2v) is 9.36. The Bertz CT molecular complexity index is 1080. The smallest absolute Gasteiger partial charge is 0.345 e. The maximum atomic E-state index is 14.1. The van der Waals surface area contributed by atoms with Crippen LogP contribution in [0.5, 0.6) is 5.88 Å². The second-order valence-electron chi connectivity index (χ2n) is 6.37. The molecule has 2 aromatic rings. The lowest BCUT2D eigenvalue weighted by Crippen LogP contribution is -2.26. The van der Waals surface area contributed by atoms with Crippen molar-refractivity contribution in [2.24, 2.45) is 0 Å². The summed E-state index contributed by atoms with van der Waals surface area (Å²) in [5.41, 5.74) is -0.925. The maximum Gasteiger partial charge on any atom is 0.345 e. The van der Waals surface area contributed by atoms with Crippen molar-refractivity contribution in [3.8, 4) is 5.88 Å². The fourth-order valence-corrected chi connectivity index (χ4v) is 4.17. The van der Waals surface area contributed by atoms with Gasteiger partial charge in [0, 0.05) is 23.9 Å². The second kappa shape index (κ2) is 8.03. The third-order valence-electron chi connectivity index (χ3n) is 4.01. The number of methoxy groups -OCH3 is 1. The first-order chi connectivity index (χ1) is 13.6. The van der Waals surface area contributed by atoms with Crippen LogP contribution in [0.4, 0.5) is 8.78 Å². The number of ether oxygens (including phenoxy) is 2. The number of sulfone groups is 1. The van der Waals surface area contributed by atoms with Gasteiger partial charge in [0.15, 0.2) is 19.6 Å². The number of rotatable bonds is 7. The number of hydrogen-bond donors (Lipinski definition) is 1. The number of carbonyl (C=O) groups is 2. The van der Waals surface area contributed by atoms with E-state index in [0.717, 1.165) is 32.3 Å². The van der Waals surface area contributed by atoms with E-state index in [1.54, 1.807) is 0 Å². The van der Waals surface area contributed by atoms with Gasteiger partial charge < -0.3 is 14.8 Å². The molecule has 1 aliphatic carbocycles. The van der Waals surface area contributed by atoms with E-state index in [1.165, 1.54) is 0 Å². The highest BCUT2D eigenvalue weighted by Crippen LogP contribution is 2.31. The van der Waals surface area contributed by atoms with Gasteiger partial charge in [-0.3, -0.25) is 4.79 Å². The molecular weight excluding hydrogens is 430 g/mol. The zero-order chi connectivity index (χ0) is 21.3. The first-order valence-corrected chi connectivity index (χ1v) is 11.0. The minimum absolute atomic E-state index is 0.0151. The number of amides is 1. The first-order valence-electron chi connectivity index (χ1n) is 8.31. The van der Waals surface area contributed by atoms with Gasteiger partial charge in [-0.25, -0.2) is 22.0 Å². The van der Waals surface area contributed by atoms with Crippen molar-refractivity contribution >= 4 is 33.2 Å². The Labute approximate surface area is 168 Å². The number of aromatic nitrogens is 1. The molecular formula is C17H16F2N2O6S2. The van der Waals surface area contributed by atoms with Gasteiger partial charge in [-0.05, 0) is 30.4 Å². The van der Waals surface area contributed by atoms with Crippen molar-refractivity contribution in [3.63, 3.8) is 0 Å². The molecule has 1 aliphatic rings. The van der Waals surface area contributed by atoms with Crippen LogP contribution in [0.15, 0.2) is 16.3 Å². The molecule has 1 heterocycles. The summed E-state index contributed by atoms with van der Waals surface area (Å²) in [5.74, 6) is -4.01. The van der Waals surface area contributed by atoms with Gasteiger partial charge in [-0.1, -0.05) is 0 Å². The Hall–Kier alpha value is -2.60.